The Morgan fingerprint density at radius 1 is 1.32 bits per heavy atom. The third-order valence-electron chi connectivity index (χ3n) is 2.70. The number of amides is 1. The van der Waals surface area contributed by atoms with Crippen LogP contribution in [0, 0.1) is 0 Å². The first-order valence-electron chi connectivity index (χ1n) is 5.85. The van der Waals surface area contributed by atoms with Crippen molar-refractivity contribution in [2.45, 2.75) is 13.0 Å². The van der Waals surface area contributed by atoms with E-state index in [4.69, 9.17) is 5.73 Å². The first kappa shape index (κ1) is 13.5. The van der Waals surface area contributed by atoms with E-state index in [0.29, 0.717) is 11.5 Å². The minimum absolute atomic E-state index is 0.103. The van der Waals surface area contributed by atoms with Crippen LogP contribution >= 0.6 is 15.9 Å². The second kappa shape index (κ2) is 5.84. The van der Waals surface area contributed by atoms with Gasteiger partial charge in [0.2, 0.25) is 0 Å². The average molecular weight is 320 g/mol. The number of hydrogen-bond acceptors (Lipinski definition) is 3. The normalized spacial score (nSPS) is 11.9. The van der Waals surface area contributed by atoms with E-state index in [1.54, 1.807) is 18.2 Å². The highest BCUT2D eigenvalue weighted by molar-refractivity contribution is 9.10. The molecule has 1 heterocycles. The number of aromatic nitrogens is 1. The molecule has 5 heteroatoms. The Labute approximate surface area is 120 Å². The van der Waals surface area contributed by atoms with Gasteiger partial charge >= 0.3 is 0 Å². The second-order valence-corrected chi connectivity index (χ2v) is 5.11. The minimum atomic E-state index is -0.236. The predicted molar refractivity (Wildman–Crippen MR) is 78.7 cm³/mol. The number of nitrogen functional groups attached to an aromatic ring is 1. The lowest BCUT2D eigenvalue weighted by atomic mass is 10.1. The molecule has 0 saturated heterocycles. The Kier molecular flexibility index (Phi) is 4.16. The molecule has 2 aromatic rings. The molecule has 0 aliphatic heterocycles. The first-order valence-corrected chi connectivity index (χ1v) is 6.64. The summed E-state index contributed by atoms with van der Waals surface area (Å²) in [6, 6.07) is 12.7. The van der Waals surface area contributed by atoms with E-state index in [-0.39, 0.29) is 11.9 Å². The summed E-state index contributed by atoms with van der Waals surface area (Å²) in [5.41, 5.74) is 6.90. The van der Waals surface area contributed by atoms with Crippen molar-refractivity contribution in [2.24, 2.45) is 0 Å². The maximum Gasteiger partial charge on any atom is 0.270 e. The number of hydrogen-bond donors (Lipinski definition) is 2. The van der Waals surface area contributed by atoms with E-state index >= 15 is 0 Å². The van der Waals surface area contributed by atoms with Gasteiger partial charge in [-0.1, -0.05) is 34.1 Å². The quantitative estimate of drug-likeness (QED) is 0.914. The van der Waals surface area contributed by atoms with Crippen LogP contribution in [0.25, 0.3) is 0 Å². The van der Waals surface area contributed by atoms with Crippen LogP contribution in [0.4, 0.5) is 5.82 Å². The Balaban J connectivity index is 2.11. The molecule has 0 fully saturated rings. The molecule has 0 radical (unpaired) electrons. The van der Waals surface area contributed by atoms with E-state index in [2.05, 4.69) is 26.2 Å². The number of benzene rings is 1. The third kappa shape index (κ3) is 3.54. The number of carbonyl (C=O) groups is 1. The number of pyridine rings is 1. The lowest BCUT2D eigenvalue weighted by Gasteiger charge is -2.14. The van der Waals surface area contributed by atoms with Crippen LogP contribution < -0.4 is 11.1 Å². The standard InChI is InChI=1S/C14H14BrN3O/c1-9(10-4-2-5-11(15)8-10)17-14(19)12-6-3-7-13(16)18-12/h2-9H,1H3,(H2,16,18)(H,17,19). The Hall–Kier alpha value is -1.88. The molecular formula is C14H14BrN3O. The molecule has 98 valence electrons. The Morgan fingerprint density at radius 3 is 2.74 bits per heavy atom. The van der Waals surface area contributed by atoms with Gasteiger partial charge in [-0.3, -0.25) is 4.79 Å². The summed E-state index contributed by atoms with van der Waals surface area (Å²) >= 11 is 3.41. The van der Waals surface area contributed by atoms with Crippen molar-refractivity contribution in [2.75, 3.05) is 5.73 Å². The van der Waals surface area contributed by atoms with Crippen molar-refractivity contribution in [1.29, 1.82) is 0 Å². The average Bonchev–Trinajstić information content (AvgIpc) is 2.38. The number of carbonyl (C=O) groups excluding carboxylic acids is 1. The van der Waals surface area contributed by atoms with Crippen molar-refractivity contribution in [3.8, 4) is 0 Å². The lowest BCUT2D eigenvalue weighted by Crippen LogP contribution is -2.27. The Morgan fingerprint density at radius 2 is 2.05 bits per heavy atom. The van der Waals surface area contributed by atoms with Crippen LogP contribution in [0.5, 0.6) is 0 Å². The van der Waals surface area contributed by atoms with Gasteiger partial charge in [-0.15, -0.1) is 0 Å². The number of rotatable bonds is 3. The molecule has 0 saturated carbocycles. The van der Waals surface area contributed by atoms with Gasteiger partial charge in [0.05, 0.1) is 6.04 Å². The van der Waals surface area contributed by atoms with E-state index in [9.17, 15) is 4.79 Å². The predicted octanol–water partition coefficient (Wildman–Crippen LogP) is 2.92. The number of anilines is 1. The zero-order valence-electron chi connectivity index (χ0n) is 10.4. The zero-order chi connectivity index (χ0) is 13.8. The van der Waals surface area contributed by atoms with Crippen LogP contribution in [0.2, 0.25) is 0 Å². The van der Waals surface area contributed by atoms with Gasteiger partial charge in [0.1, 0.15) is 11.5 Å². The number of nitrogens with zero attached hydrogens (tertiary/aromatic N) is 1. The van der Waals surface area contributed by atoms with Crippen molar-refractivity contribution in [3.05, 3.63) is 58.2 Å². The lowest BCUT2D eigenvalue weighted by molar-refractivity contribution is 0.0935. The summed E-state index contributed by atoms with van der Waals surface area (Å²) in [5, 5.41) is 2.89. The van der Waals surface area contributed by atoms with Gasteiger partial charge in [-0.2, -0.15) is 0 Å². The summed E-state index contributed by atoms with van der Waals surface area (Å²) in [4.78, 5) is 16.0. The highest BCUT2D eigenvalue weighted by Gasteiger charge is 2.12. The smallest absolute Gasteiger partial charge is 0.270 e. The van der Waals surface area contributed by atoms with Crippen molar-refractivity contribution >= 4 is 27.7 Å². The summed E-state index contributed by atoms with van der Waals surface area (Å²) in [5.74, 6) is 0.0996. The SMILES string of the molecule is CC(NC(=O)c1cccc(N)n1)c1cccc(Br)c1. The van der Waals surface area contributed by atoms with Gasteiger partial charge in [-0.05, 0) is 36.8 Å². The van der Waals surface area contributed by atoms with Gasteiger partial charge < -0.3 is 11.1 Å². The van der Waals surface area contributed by atoms with Crippen LogP contribution in [0.1, 0.15) is 29.0 Å². The molecule has 1 unspecified atom stereocenters. The fourth-order valence-corrected chi connectivity index (χ4v) is 2.12. The highest BCUT2D eigenvalue weighted by atomic mass is 79.9. The van der Waals surface area contributed by atoms with Gasteiger partial charge in [0.25, 0.3) is 5.91 Å². The second-order valence-electron chi connectivity index (χ2n) is 4.20. The number of nitrogens with one attached hydrogen (secondary N) is 1. The topological polar surface area (TPSA) is 68.0 Å². The molecule has 2 rings (SSSR count). The molecular weight excluding hydrogens is 306 g/mol. The monoisotopic (exact) mass is 319 g/mol. The van der Waals surface area contributed by atoms with E-state index in [0.717, 1.165) is 10.0 Å². The number of nitrogens with two attached hydrogens (primary N) is 1. The van der Waals surface area contributed by atoms with E-state index in [1.165, 1.54) is 0 Å². The highest BCUT2D eigenvalue weighted by Crippen LogP contribution is 2.18. The van der Waals surface area contributed by atoms with Crippen LogP contribution in [0.3, 0.4) is 0 Å². The maximum atomic E-state index is 12.0. The van der Waals surface area contributed by atoms with E-state index < -0.39 is 0 Å². The Bertz CT molecular complexity index is 601. The molecule has 3 N–H and O–H groups in total. The molecule has 1 atom stereocenters. The number of halogens is 1. The zero-order valence-corrected chi connectivity index (χ0v) is 12.0. The molecule has 1 aromatic heterocycles. The third-order valence-corrected chi connectivity index (χ3v) is 3.19. The molecule has 19 heavy (non-hydrogen) atoms. The van der Waals surface area contributed by atoms with Crippen molar-refractivity contribution in [1.82, 2.24) is 10.3 Å². The molecule has 0 aliphatic rings. The van der Waals surface area contributed by atoms with Crippen LogP contribution in [-0.4, -0.2) is 10.9 Å². The first-order chi connectivity index (χ1) is 9.06. The molecule has 1 amide bonds. The summed E-state index contributed by atoms with van der Waals surface area (Å²) < 4.78 is 0.980. The van der Waals surface area contributed by atoms with Gasteiger partial charge in [-0.25, -0.2) is 4.98 Å². The van der Waals surface area contributed by atoms with Crippen molar-refractivity contribution < 1.29 is 4.79 Å². The van der Waals surface area contributed by atoms with Crippen LogP contribution in [-0.2, 0) is 0 Å². The summed E-state index contributed by atoms with van der Waals surface area (Å²) in [6.45, 7) is 1.92. The van der Waals surface area contributed by atoms with Crippen LogP contribution in [0.15, 0.2) is 46.9 Å². The summed E-state index contributed by atoms with van der Waals surface area (Å²) in [7, 11) is 0. The maximum absolute atomic E-state index is 12.0. The summed E-state index contributed by atoms with van der Waals surface area (Å²) in [6.07, 6.45) is 0. The molecule has 0 aliphatic carbocycles. The van der Waals surface area contributed by atoms with Gasteiger partial charge in [0, 0.05) is 4.47 Å². The minimum Gasteiger partial charge on any atom is -0.384 e. The van der Waals surface area contributed by atoms with Gasteiger partial charge in [0.15, 0.2) is 0 Å². The molecule has 1 aromatic carbocycles. The fourth-order valence-electron chi connectivity index (χ4n) is 1.71. The molecule has 0 bridgehead atoms. The molecule has 4 nitrogen and oxygen atoms in total. The fraction of sp³-hybridized carbons (Fsp3) is 0.143. The van der Waals surface area contributed by atoms with Crippen molar-refractivity contribution in [3.63, 3.8) is 0 Å². The van der Waals surface area contributed by atoms with E-state index in [1.807, 2.05) is 31.2 Å². The molecule has 0 spiro atoms. The largest absolute Gasteiger partial charge is 0.384 e.